The molecule has 2 aromatic carbocycles. The van der Waals surface area contributed by atoms with Gasteiger partial charge < -0.3 is 9.84 Å². The lowest BCUT2D eigenvalue weighted by Gasteiger charge is -2.09. The van der Waals surface area contributed by atoms with Crippen molar-refractivity contribution in [1.29, 1.82) is 0 Å². The summed E-state index contributed by atoms with van der Waals surface area (Å²) in [4.78, 5) is 12.4. The summed E-state index contributed by atoms with van der Waals surface area (Å²) >= 11 is 25.8. The molecular weight excluding hydrogens is 450 g/mol. The summed E-state index contributed by atoms with van der Waals surface area (Å²) in [6.07, 6.45) is 0. The highest BCUT2D eigenvalue weighted by Crippen LogP contribution is 2.39. The van der Waals surface area contributed by atoms with Crippen molar-refractivity contribution in [2.45, 2.75) is 12.7 Å². The van der Waals surface area contributed by atoms with Gasteiger partial charge >= 0.3 is 0 Å². The Balaban J connectivity index is 1.80. The lowest BCUT2D eigenvalue weighted by Crippen LogP contribution is -2.07. The average molecular weight is 462 g/mol. The van der Waals surface area contributed by atoms with Crippen LogP contribution < -0.4 is 5.32 Å². The molecule has 140 valence electrons. The number of thioether (sulfide) groups is 1. The summed E-state index contributed by atoms with van der Waals surface area (Å²) < 4.78 is 5.23. The number of rotatable bonds is 4. The number of aryl methyl sites for hydroxylation is 1. The first kappa shape index (κ1) is 20.4. The Bertz CT molecular complexity index is 967. The fourth-order valence-electron chi connectivity index (χ4n) is 2.36. The summed E-state index contributed by atoms with van der Waals surface area (Å²) in [6, 6.07) is 10.3. The number of carbonyl (C=O) groups is 1. The number of hydrogen-bond acceptors (Lipinski definition) is 4. The topological polar surface area (TPSA) is 55.1 Å². The molecule has 0 aliphatic carbocycles. The van der Waals surface area contributed by atoms with E-state index in [2.05, 4.69) is 10.5 Å². The molecule has 0 radical (unpaired) electrons. The second-order valence-electron chi connectivity index (χ2n) is 5.46. The minimum atomic E-state index is -0.318. The maximum atomic E-state index is 12.4. The van der Waals surface area contributed by atoms with Crippen LogP contribution >= 0.6 is 58.2 Å². The molecule has 27 heavy (non-hydrogen) atoms. The Morgan fingerprint density at radius 3 is 2.19 bits per heavy atom. The predicted octanol–water partition coefficient (Wildman–Crippen LogP) is 7.73. The molecule has 9 heteroatoms. The number of nitrogens with zero attached hydrogens (tertiary/aromatic N) is 1. The van der Waals surface area contributed by atoms with E-state index in [-0.39, 0.29) is 5.24 Å². The number of aromatic nitrogens is 1. The normalized spacial score (nSPS) is 10.9. The number of benzene rings is 2. The SMILES string of the molecule is Cc1onc(-c2c(Cl)cccc2Cl)c1NC(=O)SCc1c(Cl)cccc1Cl. The Kier molecular flexibility index (Phi) is 6.61. The van der Waals surface area contributed by atoms with Crippen molar-refractivity contribution in [3.8, 4) is 11.3 Å². The highest BCUT2D eigenvalue weighted by molar-refractivity contribution is 8.13. The Morgan fingerprint density at radius 2 is 1.59 bits per heavy atom. The van der Waals surface area contributed by atoms with Crippen molar-refractivity contribution < 1.29 is 9.32 Å². The standard InChI is InChI=1S/C18H12Cl4N2O2S/c1-9-16(17(24-26-9)15-13(21)6-3-7-14(15)22)23-18(25)27-8-10-11(19)4-2-5-12(10)20/h2-7H,8H2,1H3,(H,23,25). The number of amides is 1. The molecule has 0 atom stereocenters. The largest absolute Gasteiger partial charge is 0.359 e. The molecule has 0 unspecified atom stereocenters. The zero-order valence-corrected chi connectivity index (χ0v) is 17.7. The summed E-state index contributed by atoms with van der Waals surface area (Å²) in [5.74, 6) is 0.752. The van der Waals surface area contributed by atoms with Gasteiger partial charge in [-0.15, -0.1) is 0 Å². The molecular formula is C18H12Cl4N2O2S. The Morgan fingerprint density at radius 1 is 1.04 bits per heavy atom. The third kappa shape index (κ3) is 4.55. The minimum absolute atomic E-state index is 0.316. The molecule has 1 N–H and O–H groups in total. The molecule has 4 nitrogen and oxygen atoms in total. The predicted molar refractivity (Wildman–Crippen MR) is 113 cm³/mol. The van der Waals surface area contributed by atoms with Crippen LogP contribution in [0.5, 0.6) is 0 Å². The molecule has 0 spiro atoms. The molecule has 3 rings (SSSR count). The van der Waals surface area contributed by atoms with E-state index in [9.17, 15) is 4.79 Å². The Labute approximate surface area is 180 Å². The third-order valence-electron chi connectivity index (χ3n) is 3.70. The van der Waals surface area contributed by atoms with Gasteiger partial charge in [0.1, 0.15) is 11.4 Å². The fourth-order valence-corrected chi connectivity index (χ4v) is 4.39. The molecule has 0 fully saturated rings. The van der Waals surface area contributed by atoms with E-state index in [1.807, 2.05) is 0 Å². The third-order valence-corrected chi connectivity index (χ3v) is 5.83. The number of halogens is 4. The van der Waals surface area contributed by atoms with Crippen LogP contribution in [0, 0.1) is 6.92 Å². The van der Waals surface area contributed by atoms with Crippen LogP contribution in [0.1, 0.15) is 11.3 Å². The van der Waals surface area contributed by atoms with Crippen molar-refractivity contribution in [3.05, 3.63) is 67.8 Å². The van der Waals surface area contributed by atoms with Gasteiger partial charge in [0.25, 0.3) is 5.24 Å². The van der Waals surface area contributed by atoms with Crippen LogP contribution in [-0.2, 0) is 5.75 Å². The molecule has 1 aromatic heterocycles. The van der Waals surface area contributed by atoms with Gasteiger partial charge in [0.2, 0.25) is 0 Å². The summed E-state index contributed by atoms with van der Waals surface area (Å²) in [6.45, 7) is 1.69. The highest BCUT2D eigenvalue weighted by atomic mass is 35.5. The van der Waals surface area contributed by atoms with Gasteiger partial charge in [-0.2, -0.15) is 0 Å². The van der Waals surface area contributed by atoms with Crippen LogP contribution in [0.3, 0.4) is 0 Å². The fraction of sp³-hybridized carbons (Fsp3) is 0.111. The van der Waals surface area contributed by atoms with Crippen molar-refractivity contribution in [2.75, 3.05) is 5.32 Å². The number of carbonyl (C=O) groups excluding carboxylic acids is 1. The summed E-state index contributed by atoms with van der Waals surface area (Å²) in [7, 11) is 0. The lowest BCUT2D eigenvalue weighted by molar-refractivity contribution is 0.269. The van der Waals surface area contributed by atoms with Gasteiger partial charge in [-0.25, -0.2) is 0 Å². The van der Waals surface area contributed by atoms with Gasteiger partial charge in [0, 0.05) is 21.4 Å². The molecule has 0 saturated heterocycles. The lowest BCUT2D eigenvalue weighted by atomic mass is 10.1. The first-order valence-corrected chi connectivity index (χ1v) is 10.2. The van der Waals surface area contributed by atoms with Gasteiger partial charge in [-0.1, -0.05) is 75.5 Å². The van der Waals surface area contributed by atoms with Crippen LogP contribution in [0.4, 0.5) is 10.5 Å². The van der Waals surface area contributed by atoms with E-state index in [4.69, 9.17) is 50.9 Å². The number of nitrogens with one attached hydrogen (secondary N) is 1. The van der Waals surface area contributed by atoms with E-state index >= 15 is 0 Å². The highest BCUT2D eigenvalue weighted by Gasteiger charge is 2.21. The van der Waals surface area contributed by atoms with Crippen molar-refractivity contribution in [3.63, 3.8) is 0 Å². The van der Waals surface area contributed by atoms with E-state index in [0.29, 0.717) is 54.1 Å². The average Bonchev–Trinajstić information content (AvgIpc) is 2.95. The van der Waals surface area contributed by atoms with Crippen LogP contribution in [0.2, 0.25) is 20.1 Å². The van der Waals surface area contributed by atoms with E-state index in [1.165, 1.54) is 0 Å². The van der Waals surface area contributed by atoms with E-state index < -0.39 is 0 Å². The second-order valence-corrected chi connectivity index (χ2v) is 8.04. The number of anilines is 1. The molecule has 0 aliphatic heterocycles. The van der Waals surface area contributed by atoms with Gasteiger partial charge in [0.05, 0.1) is 10.0 Å². The first-order valence-electron chi connectivity index (χ1n) is 7.65. The summed E-state index contributed by atoms with van der Waals surface area (Å²) in [5.41, 5.74) is 1.96. The second kappa shape index (κ2) is 8.76. The maximum Gasteiger partial charge on any atom is 0.283 e. The van der Waals surface area contributed by atoms with Crippen LogP contribution in [0.15, 0.2) is 40.9 Å². The van der Waals surface area contributed by atoms with Crippen LogP contribution in [-0.4, -0.2) is 10.4 Å². The molecule has 0 bridgehead atoms. The number of hydrogen-bond donors (Lipinski definition) is 1. The van der Waals surface area contributed by atoms with Crippen molar-refractivity contribution >= 4 is 69.1 Å². The minimum Gasteiger partial charge on any atom is -0.359 e. The first-order chi connectivity index (χ1) is 12.9. The van der Waals surface area contributed by atoms with Crippen LogP contribution in [0.25, 0.3) is 11.3 Å². The molecule has 0 aliphatic rings. The molecule has 1 heterocycles. The van der Waals surface area contributed by atoms with Crippen molar-refractivity contribution in [1.82, 2.24) is 5.16 Å². The maximum absolute atomic E-state index is 12.4. The van der Waals surface area contributed by atoms with Gasteiger partial charge in [-0.3, -0.25) is 4.79 Å². The van der Waals surface area contributed by atoms with Gasteiger partial charge in [0.15, 0.2) is 5.76 Å². The van der Waals surface area contributed by atoms with Gasteiger partial charge in [-0.05, 0) is 36.8 Å². The summed E-state index contributed by atoms with van der Waals surface area (Å²) in [5, 5.41) is 8.29. The molecule has 3 aromatic rings. The quantitative estimate of drug-likeness (QED) is 0.431. The smallest absolute Gasteiger partial charge is 0.283 e. The van der Waals surface area contributed by atoms with E-state index in [1.54, 1.807) is 43.3 Å². The van der Waals surface area contributed by atoms with Crippen molar-refractivity contribution in [2.24, 2.45) is 0 Å². The monoisotopic (exact) mass is 460 g/mol. The van der Waals surface area contributed by atoms with E-state index in [0.717, 1.165) is 11.8 Å². The zero-order valence-electron chi connectivity index (χ0n) is 13.9. The Hall–Kier alpha value is -1.37. The molecule has 0 saturated carbocycles. The zero-order chi connectivity index (χ0) is 19.6. The molecule has 1 amide bonds.